The third kappa shape index (κ3) is 19.6. The molecule has 0 amide bonds. The van der Waals surface area contributed by atoms with Crippen LogP contribution < -0.4 is 0 Å². The molecule has 1 heterocycles. The van der Waals surface area contributed by atoms with Crippen molar-refractivity contribution in [3.05, 3.63) is 53.3 Å². The summed E-state index contributed by atoms with van der Waals surface area (Å²) in [6, 6.07) is 13.2. The third-order valence-corrected chi connectivity index (χ3v) is 1.72. The summed E-state index contributed by atoms with van der Waals surface area (Å²) in [6.07, 6.45) is 0. The van der Waals surface area contributed by atoms with Gasteiger partial charge in [0.05, 0.1) is 0 Å². The van der Waals surface area contributed by atoms with Crippen LogP contribution in [0, 0.1) is 26.8 Å². The van der Waals surface area contributed by atoms with Crippen molar-refractivity contribution in [2.24, 2.45) is 0 Å². The van der Waals surface area contributed by atoms with E-state index in [4.69, 9.17) is 10.2 Å². The number of aromatic nitrogens is 1. The second kappa shape index (κ2) is 18.3. The van der Waals surface area contributed by atoms with Crippen molar-refractivity contribution < 1.29 is 31.9 Å². The van der Waals surface area contributed by atoms with Crippen molar-refractivity contribution in [1.82, 2.24) is 4.98 Å². The number of aliphatic hydroxyl groups excluding tert-OH is 2. The van der Waals surface area contributed by atoms with E-state index in [1.54, 1.807) is 13.8 Å². The summed E-state index contributed by atoms with van der Waals surface area (Å²) in [4.78, 5) is 3.08. The standard InChI is InChI=1S/C6H8N.C6H7.2C2H6O.Ti/c1-5-3-4-6(2)7-5;1-6-4-2-3-5-6;2*1-2-3;/h3,7H,1-2H3;2-5H,1H3;2*3H,2H2,1H3;/q2*-1;;;+2. The zero-order valence-electron chi connectivity index (χ0n) is 13.2. The molecule has 0 atom stereocenters. The fraction of sp³-hybridized carbons (Fsp3) is 0.438. The SMILES string of the molecule is CCO.CCO.C[c-]1cccc1.Cc1[c-]cc(C)[nH]1.[Ti+2]. The van der Waals surface area contributed by atoms with E-state index in [-0.39, 0.29) is 34.9 Å². The quantitative estimate of drug-likeness (QED) is 0.517. The molecule has 0 aliphatic carbocycles. The van der Waals surface area contributed by atoms with Crippen LogP contribution in [0.15, 0.2) is 30.3 Å². The van der Waals surface area contributed by atoms with Gasteiger partial charge in [-0.15, -0.1) is 5.69 Å². The number of hydrogen-bond acceptors (Lipinski definition) is 2. The number of nitrogens with one attached hydrogen (secondary N) is 1. The molecule has 4 heteroatoms. The van der Waals surface area contributed by atoms with E-state index in [2.05, 4.69) is 30.1 Å². The van der Waals surface area contributed by atoms with E-state index in [0.29, 0.717) is 0 Å². The summed E-state index contributed by atoms with van der Waals surface area (Å²) in [6.45, 7) is 9.95. The van der Waals surface area contributed by atoms with Gasteiger partial charge in [-0.25, -0.2) is 24.3 Å². The molecule has 0 unspecified atom stereocenters. The molecule has 3 nitrogen and oxygen atoms in total. The molecule has 0 spiro atoms. The topological polar surface area (TPSA) is 56.2 Å². The van der Waals surface area contributed by atoms with E-state index >= 15 is 0 Å². The molecule has 0 aliphatic rings. The van der Waals surface area contributed by atoms with E-state index in [1.807, 2.05) is 32.0 Å². The molecule has 0 saturated heterocycles. The Morgan fingerprint density at radius 3 is 1.60 bits per heavy atom. The first-order valence-electron chi connectivity index (χ1n) is 6.45. The van der Waals surface area contributed by atoms with Gasteiger partial charge in [0.15, 0.2) is 0 Å². The first kappa shape index (κ1) is 24.3. The average molecular weight is 313 g/mol. The Morgan fingerprint density at radius 1 is 1.10 bits per heavy atom. The second-order valence-corrected chi connectivity index (χ2v) is 3.82. The smallest absolute Gasteiger partial charge is 0.456 e. The zero-order chi connectivity index (χ0) is 15.1. The Balaban J connectivity index is -0.000000204. The fourth-order valence-electron chi connectivity index (χ4n) is 1.05. The predicted octanol–water partition coefficient (Wildman–Crippen LogP) is 3.14. The van der Waals surface area contributed by atoms with Crippen LogP contribution in [0.2, 0.25) is 0 Å². The van der Waals surface area contributed by atoms with Crippen molar-refractivity contribution in [2.45, 2.75) is 34.6 Å². The van der Waals surface area contributed by atoms with Gasteiger partial charge >= 0.3 is 21.7 Å². The first-order valence-corrected chi connectivity index (χ1v) is 6.45. The zero-order valence-corrected chi connectivity index (χ0v) is 14.8. The van der Waals surface area contributed by atoms with Crippen LogP contribution in [0.5, 0.6) is 0 Å². The van der Waals surface area contributed by atoms with Crippen molar-refractivity contribution in [1.29, 1.82) is 0 Å². The molecule has 0 saturated carbocycles. The van der Waals surface area contributed by atoms with Crippen LogP contribution in [0.25, 0.3) is 0 Å². The van der Waals surface area contributed by atoms with Crippen LogP contribution in [0.1, 0.15) is 30.8 Å². The average Bonchev–Trinajstić information content (AvgIpc) is 2.94. The van der Waals surface area contributed by atoms with Crippen LogP contribution in [0.3, 0.4) is 0 Å². The van der Waals surface area contributed by atoms with Crippen molar-refractivity contribution >= 4 is 0 Å². The Bertz CT molecular complexity index is 351. The van der Waals surface area contributed by atoms with Gasteiger partial charge in [0.25, 0.3) is 0 Å². The molecule has 2 rings (SSSR count). The molecule has 112 valence electrons. The van der Waals surface area contributed by atoms with Gasteiger partial charge in [-0.1, -0.05) is 19.5 Å². The van der Waals surface area contributed by atoms with E-state index < -0.39 is 0 Å². The van der Waals surface area contributed by atoms with Gasteiger partial charge in [0.1, 0.15) is 0 Å². The molecule has 1 aromatic carbocycles. The van der Waals surface area contributed by atoms with Gasteiger partial charge < -0.3 is 15.2 Å². The minimum absolute atomic E-state index is 0. The van der Waals surface area contributed by atoms with Gasteiger partial charge in [-0.3, -0.25) is 0 Å². The number of aliphatic hydroxyl groups is 2. The van der Waals surface area contributed by atoms with Crippen LogP contribution >= 0.6 is 0 Å². The summed E-state index contributed by atoms with van der Waals surface area (Å²) in [5.74, 6) is 0. The maximum absolute atomic E-state index is 7.57. The third-order valence-electron chi connectivity index (χ3n) is 1.72. The van der Waals surface area contributed by atoms with Gasteiger partial charge in [-0.2, -0.15) is 17.7 Å². The summed E-state index contributed by atoms with van der Waals surface area (Å²) >= 11 is 0. The summed E-state index contributed by atoms with van der Waals surface area (Å²) in [5, 5.41) is 15.1. The number of aromatic amines is 1. The van der Waals surface area contributed by atoms with Crippen LogP contribution in [0.4, 0.5) is 0 Å². The Kier molecular flexibility index (Phi) is 22.2. The molecular formula is C16H27NO2Ti. The summed E-state index contributed by atoms with van der Waals surface area (Å²) in [5.41, 5.74) is 3.63. The Morgan fingerprint density at radius 2 is 1.50 bits per heavy atom. The summed E-state index contributed by atoms with van der Waals surface area (Å²) in [7, 11) is 0. The molecule has 3 N–H and O–H groups in total. The molecule has 0 aliphatic heterocycles. The fourth-order valence-corrected chi connectivity index (χ4v) is 1.05. The molecule has 1 aromatic heterocycles. The number of rotatable bonds is 0. The second-order valence-electron chi connectivity index (χ2n) is 3.82. The van der Waals surface area contributed by atoms with Gasteiger partial charge in [0, 0.05) is 13.2 Å². The van der Waals surface area contributed by atoms with Crippen molar-refractivity contribution in [3.8, 4) is 0 Å². The first-order chi connectivity index (χ1) is 9.01. The number of H-pyrrole nitrogens is 1. The maximum Gasteiger partial charge on any atom is 2.00 e. The molecule has 0 radical (unpaired) electrons. The molecule has 20 heavy (non-hydrogen) atoms. The van der Waals surface area contributed by atoms with Crippen LogP contribution in [-0.2, 0) is 21.7 Å². The Hall–Kier alpha value is -0.736. The Labute approximate surface area is 138 Å². The minimum Gasteiger partial charge on any atom is -0.456 e. The number of aryl methyl sites for hydroxylation is 3. The van der Waals surface area contributed by atoms with Gasteiger partial charge in [0.2, 0.25) is 0 Å². The molecule has 2 aromatic rings. The van der Waals surface area contributed by atoms with Crippen molar-refractivity contribution in [2.75, 3.05) is 13.2 Å². The monoisotopic (exact) mass is 313 g/mol. The van der Waals surface area contributed by atoms with E-state index in [9.17, 15) is 0 Å². The molecule has 0 fully saturated rings. The summed E-state index contributed by atoms with van der Waals surface area (Å²) < 4.78 is 0. The maximum atomic E-state index is 7.57. The van der Waals surface area contributed by atoms with Gasteiger partial charge in [-0.05, 0) is 20.8 Å². The van der Waals surface area contributed by atoms with E-state index in [0.717, 1.165) is 5.69 Å². The number of hydrogen-bond donors (Lipinski definition) is 3. The normalized spacial score (nSPS) is 7.75. The van der Waals surface area contributed by atoms with Crippen LogP contribution in [-0.4, -0.2) is 28.4 Å². The minimum atomic E-state index is 0. The largest absolute Gasteiger partial charge is 2.00 e. The molecular weight excluding hydrogens is 286 g/mol. The molecule has 0 bridgehead atoms. The van der Waals surface area contributed by atoms with E-state index in [1.165, 1.54) is 11.3 Å². The van der Waals surface area contributed by atoms with Crippen molar-refractivity contribution in [3.63, 3.8) is 0 Å². The predicted molar refractivity (Wildman–Crippen MR) is 81.4 cm³/mol.